The number of aliphatic hydroxyl groups excluding tert-OH is 1. The summed E-state index contributed by atoms with van der Waals surface area (Å²) in [6.07, 6.45) is 3.51. The lowest BCUT2D eigenvalue weighted by atomic mass is 9.83. The molecule has 0 heterocycles. The van der Waals surface area contributed by atoms with Crippen LogP contribution in [-0.4, -0.2) is 40.9 Å². The van der Waals surface area contributed by atoms with Gasteiger partial charge in [0.2, 0.25) is 0 Å². The summed E-state index contributed by atoms with van der Waals surface area (Å²) in [4.78, 5) is 22.1. The molecule has 1 aliphatic carbocycles. The van der Waals surface area contributed by atoms with Crippen molar-refractivity contribution in [3.8, 4) is 0 Å². The molecule has 0 bridgehead atoms. The van der Waals surface area contributed by atoms with Crippen LogP contribution < -0.4 is 10.6 Å². The Morgan fingerprint density at radius 2 is 2.06 bits per heavy atom. The Kier molecular flexibility index (Phi) is 5.21. The van der Waals surface area contributed by atoms with E-state index < -0.39 is 24.1 Å². The number of carboxylic acids is 1. The monoisotopic (exact) mass is 244 g/mol. The van der Waals surface area contributed by atoms with Crippen LogP contribution >= 0.6 is 0 Å². The van der Waals surface area contributed by atoms with Crippen LogP contribution in [0.3, 0.4) is 0 Å². The fourth-order valence-corrected chi connectivity index (χ4v) is 1.75. The highest BCUT2D eigenvalue weighted by molar-refractivity contribution is 5.82. The average molecular weight is 244 g/mol. The number of rotatable bonds is 6. The molecule has 17 heavy (non-hydrogen) atoms. The van der Waals surface area contributed by atoms with Gasteiger partial charge in [-0.3, -0.25) is 0 Å². The minimum Gasteiger partial charge on any atom is -0.480 e. The molecule has 0 aliphatic heterocycles. The highest BCUT2D eigenvalue weighted by atomic mass is 16.4. The van der Waals surface area contributed by atoms with E-state index in [9.17, 15) is 9.59 Å². The molecule has 1 saturated carbocycles. The number of hydrogen-bond donors (Lipinski definition) is 4. The van der Waals surface area contributed by atoms with Gasteiger partial charge in [-0.05, 0) is 19.3 Å². The molecule has 0 spiro atoms. The number of hydrogen-bond acceptors (Lipinski definition) is 3. The molecule has 0 radical (unpaired) electrons. The maximum Gasteiger partial charge on any atom is 0.328 e. The number of aliphatic carboxylic acids is 1. The summed E-state index contributed by atoms with van der Waals surface area (Å²) in [5.41, 5.74) is 0. The van der Waals surface area contributed by atoms with Crippen molar-refractivity contribution in [1.82, 2.24) is 10.6 Å². The number of carboxylic acid groups (broad SMARTS) is 1. The molecule has 4 N–H and O–H groups in total. The van der Waals surface area contributed by atoms with Gasteiger partial charge in [0.15, 0.2) is 6.04 Å². The molecule has 2 atom stereocenters. The molecule has 2 amide bonds. The van der Waals surface area contributed by atoms with Gasteiger partial charge in [0.05, 0.1) is 6.10 Å². The molecular formula is C11H20N2O4. The van der Waals surface area contributed by atoms with Crippen molar-refractivity contribution in [3.63, 3.8) is 0 Å². The highest BCUT2D eigenvalue weighted by Crippen LogP contribution is 2.28. The van der Waals surface area contributed by atoms with Gasteiger partial charge in [0, 0.05) is 6.54 Å². The van der Waals surface area contributed by atoms with E-state index in [0.29, 0.717) is 12.5 Å². The lowest BCUT2D eigenvalue weighted by Gasteiger charge is -2.25. The van der Waals surface area contributed by atoms with Crippen molar-refractivity contribution in [1.29, 1.82) is 0 Å². The lowest BCUT2D eigenvalue weighted by Crippen LogP contribution is -2.51. The number of nitrogens with one attached hydrogen (secondary N) is 2. The minimum atomic E-state index is -1.27. The molecule has 0 aromatic carbocycles. The number of urea groups is 1. The molecule has 1 rings (SSSR count). The summed E-state index contributed by atoms with van der Waals surface area (Å²) < 4.78 is 0. The Labute approximate surface area is 100 Å². The van der Waals surface area contributed by atoms with Crippen molar-refractivity contribution < 1.29 is 19.8 Å². The first kappa shape index (κ1) is 13.8. The summed E-state index contributed by atoms with van der Waals surface area (Å²) >= 11 is 0. The van der Waals surface area contributed by atoms with E-state index in [1.807, 2.05) is 0 Å². The number of amides is 2. The third-order valence-corrected chi connectivity index (χ3v) is 3.10. The van der Waals surface area contributed by atoms with Crippen LogP contribution in [-0.2, 0) is 4.79 Å². The Balaban J connectivity index is 2.19. The summed E-state index contributed by atoms with van der Waals surface area (Å²) in [5.74, 6) is -0.545. The predicted octanol–water partition coefficient (Wildman–Crippen LogP) is 0.310. The van der Waals surface area contributed by atoms with Gasteiger partial charge in [-0.1, -0.05) is 19.3 Å². The molecule has 2 unspecified atom stereocenters. The SMILES string of the molecule is CC(O)C(NC(=O)NCCC1CCC1)C(=O)O. The average Bonchev–Trinajstić information content (AvgIpc) is 2.17. The number of carbonyl (C=O) groups excluding carboxylic acids is 1. The second kappa shape index (κ2) is 6.44. The van der Waals surface area contributed by atoms with E-state index in [1.165, 1.54) is 26.2 Å². The summed E-state index contributed by atoms with van der Waals surface area (Å²) in [6, 6.07) is -1.81. The van der Waals surface area contributed by atoms with E-state index in [1.54, 1.807) is 0 Å². The Morgan fingerprint density at radius 3 is 2.47 bits per heavy atom. The smallest absolute Gasteiger partial charge is 0.328 e. The normalized spacial score (nSPS) is 18.9. The van der Waals surface area contributed by atoms with Crippen LogP contribution in [0.15, 0.2) is 0 Å². The molecule has 0 aromatic heterocycles. The number of aliphatic hydroxyl groups is 1. The molecule has 1 fully saturated rings. The van der Waals surface area contributed by atoms with Gasteiger partial charge >= 0.3 is 12.0 Å². The molecule has 0 saturated heterocycles. The van der Waals surface area contributed by atoms with Crippen molar-refractivity contribution in [2.45, 2.75) is 44.8 Å². The van der Waals surface area contributed by atoms with Crippen molar-refractivity contribution in [3.05, 3.63) is 0 Å². The Bertz CT molecular complexity index is 277. The largest absolute Gasteiger partial charge is 0.480 e. The zero-order chi connectivity index (χ0) is 12.8. The van der Waals surface area contributed by atoms with Gasteiger partial charge in [0.25, 0.3) is 0 Å². The van der Waals surface area contributed by atoms with Crippen LogP contribution in [0.2, 0.25) is 0 Å². The summed E-state index contributed by atoms with van der Waals surface area (Å²) in [6.45, 7) is 1.87. The molecule has 6 nitrogen and oxygen atoms in total. The Hall–Kier alpha value is -1.30. The van der Waals surface area contributed by atoms with E-state index >= 15 is 0 Å². The molecule has 0 aromatic rings. The molecular weight excluding hydrogens is 224 g/mol. The first-order valence-electron chi connectivity index (χ1n) is 5.96. The first-order chi connectivity index (χ1) is 8.00. The van der Waals surface area contributed by atoms with E-state index in [2.05, 4.69) is 10.6 Å². The van der Waals surface area contributed by atoms with Gasteiger partial charge in [0.1, 0.15) is 0 Å². The fraction of sp³-hybridized carbons (Fsp3) is 0.818. The van der Waals surface area contributed by atoms with Crippen molar-refractivity contribution in [2.24, 2.45) is 5.92 Å². The van der Waals surface area contributed by atoms with Crippen LogP contribution in [0.4, 0.5) is 4.79 Å². The quantitative estimate of drug-likeness (QED) is 0.540. The second-order valence-electron chi connectivity index (χ2n) is 4.54. The third-order valence-electron chi connectivity index (χ3n) is 3.10. The molecule has 1 aliphatic rings. The standard InChI is InChI=1S/C11H20N2O4/c1-7(14)9(10(15)16)13-11(17)12-6-5-8-3-2-4-8/h7-9,14H,2-6H2,1H3,(H,15,16)(H2,12,13,17). The van der Waals surface area contributed by atoms with E-state index in [-0.39, 0.29) is 0 Å². The first-order valence-corrected chi connectivity index (χ1v) is 5.96. The van der Waals surface area contributed by atoms with Crippen LogP contribution in [0.5, 0.6) is 0 Å². The van der Waals surface area contributed by atoms with E-state index in [4.69, 9.17) is 10.2 Å². The van der Waals surface area contributed by atoms with Crippen LogP contribution in [0.1, 0.15) is 32.6 Å². The lowest BCUT2D eigenvalue weighted by molar-refractivity contribution is -0.141. The van der Waals surface area contributed by atoms with Crippen LogP contribution in [0.25, 0.3) is 0 Å². The van der Waals surface area contributed by atoms with Gasteiger partial charge in [-0.15, -0.1) is 0 Å². The zero-order valence-electron chi connectivity index (χ0n) is 9.98. The molecule has 98 valence electrons. The van der Waals surface area contributed by atoms with Crippen LogP contribution in [0, 0.1) is 5.92 Å². The minimum absolute atomic E-state index is 0.544. The summed E-state index contributed by atoms with van der Waals surface area (Å²) in [5, 5.41) is 22.7. The maximum atomic E-state index is 11.4. The Morgan fingerprint density at radius 1 is 1.41 bits per heavy atom. The highest BCUT2D eigenvalue weighted by Gasteiger charge is 2.25. The number of carbonyl (C=O) groups is 2. The third kappa shape index (κ3) is 4.60. The van der Waals surface area contributed by atoms with Gasteiger partial charge in [-0.25, -0.2) is 9.59 Å². The van der Waals surface area contributed by atoms with Crippen molar-refractivity contribution in [2.75, 3.05) is 6.54 Å². The van der Waals surface area contributed by atoms with Crippen molar-refractivity contribution >= 4 is 12.0 Å². The van der Waals surface area contributed by atoms with Gasteiger partial charge in [-0.2, -0.15) is 0 Å². The van der Waals surface area contributed by atoms with E-state index in [0.717, 1.165) is 6.42 Å². The predicted molar refractivity (Wildman–Crippen MR) is 61.6 cm³/mol. The second-order valence-corrected chi connectivity index (χ2v) is 4.54. The topological polar surface area (TPSA) is 98.7 Å². The zero-order valence-corrected chi connectivity index (χ0v) is 9.98. The molecule has 6 heteroatoms. The van der Waals surface area contributed by atoms with Gasteiger partial charge < -0.3 is 20.8 Å². The summed E-state index contributed by atoms with van der Waals surface area (Å²) in [7, 11) is 0. The maximum absolute atomic E-state index is 11.4. The fourth-order valence-electron chi connectivity index (χ4n) is 1.75.